The van der Waals surface area contributed by atoms with Crippen molar-refractivity contribution in [3.05, 3.63) is 59.8 Å². The van der Waals surface area contributed by atoms with Gasteiger partial charge in [0, 0.05) is 17.0 Å². The summed E-state index contributed by atoms with van der Waals surface area (Å²) in [6.45, 7) is 5.87. The van der Waals surface area contributed by atoms with E-state index in [2.05, 4.69) is 12.5 Å². The smallest absolute Gasteiger partial charge is 0.256 e. The Morgan fingerprint density at radius 1 is 1.27 bits per heavy atom. The van der Waals surface area contributed by atoms with Crippen LogP contribution in [0.1, 0.15) is 12.5 Å². The normalized spacial score (nSPS) is 14.5. The van der Waals surface area contributed by atoms with Gasteiger partial charge in [-0.05, 0) is 48.9 Å². The van der Waals surface area contributed by atoms with E-state index in [9.17, 15) is 8.78 Å². The molecule has 0 aromatic heterocycles. The Morgan fingerprint density at radius 3 is 2.50 bits per heavy atom. The van der Waals surface area contributed by atoms with Crippen LogP contribution in [0, 0.1) is 12.3 Å². The molecule has 1 aliphatic heterocycles. The van der Waals surface area contributed by atoms with Gasteiger partial charge in [0.25, 0.3) is 6.43 Å². The largest absolute Gasteiger partial charge is 0.494 e. The highest BCUT2D eigenvalue weighted by atomic mass is 19.3. The van der Waals surface area contributed by atoms with Crippen LogP contribution in [0.5, 0.6) is 5.75 Å². The zero-order valence-corrected chi connectivity index (χ0v) is 12.4. The molecule has 1 aromatic carbocycles. The fourth-order valence-corrected chi connectivity index (χ4v) is 2.26. The van der Waals surface area contributed by atoms with E-state index in [1.165, 1.54) is 4.90 Å². The highest BCUT2D eigenvalue weighted by molar-refractivity contribution is 5.72. The van der Waals surface area contributed by atoms with Crippen molar-refractivity contribution in [1.82, 2.24) is 4.90 Å². The second kappa shape index (κ2) is 6.95. The second-order valence-electron chi connectivity index (χ2n) is 4.68. The predicted molar refractivity (Wildman–Crippen MR) is 84.4 cm³/mol. The number of nitrogens with zero attached hydrogens (tertiary/aromatic N) is 1. The van der Waals surface area contributed by atoms with E-state index in [0.717, 1.165) is 11.3 Å². The Bertz CT molecular complexity index is 651. The third-order valence-corrected chi connectivity index (χ3v) is 3.27. The Kier molecular flexibility index (Phi) is 5.00. The summed E-state index contributed by atoms with van der Waals surface area (Å²) in [7, 11) is 0. The maximum Gasteiger partial charge on any atom is 0.256 e. The first-order chi connectivity index (χ1) is 10.6. The van der Waals surface area contributed by atoms with Gasteiger partial charge in [-0.3, -0.25) is 0 Å². The molecule has 2 nitrogen and oxygen atoms in total. The first-order valence-corrected chi connectivity index (χ1v) is 6.93. The molecule has 22 heavy (non-hydrogen) atoms. The van der Waals surface area contributed by atoms with Gasteiger partial charge in [-0.2, -0.15) is 0 Å². The van der Waals surface area contributed by atoms with Gasteiger partial charge in [0.15, 0.2) is 0 Å². The second-order valence-corrected chi connectivity index (χ2v) is 4.68. The third kappa shape index (κ3) is 3.37. The van der Waals surface area contributed by atoms with Crippen LogP contribution in [-0.4, -0.2) is 24.5 Å². The molecular formula is C18H17F2NO. The van der Waals surface area contributed by atoms with Crippen LogP contribution >= 0.6 is 0 Å². The van der Waals surface area contributed by atoms with Gasteiger partial charge in [0.2, 0.25) is 0 Å². The topological polar surface area (TPSA) is 12.5 Å². The summed E-state index contributed by atoms with van der Waals surface area (Å²) in [5.41, 5.74) is 2.37. The predicted octanol–water partition coefficient (Wildman–Crippen LogP) is 4.08. The Morgan fingerprint density at radius 2 is 1.95 bits per heavy atom. The van der Waals surface area contributed by atoms with Crippen molar-refractivity contribution in [1.29, 1.82) is 0 Å². The van der Waals surface area contributed by atoms with E-state index in [1.54, 1.807) is 12.2 Å². The SMILES string of the molecule is C#CC1=CC=C(c2ccc(OCC)cc2)N(CC(F)F)C1=C. The van der Waals surface area contributed by atoms with Gasteiger partial charge in [-0.15, -0.1) is 6.42 Å². The molecule has 114 valence electrons. The lowest BCUT2D eigenvalue weighted by atomic mass is 10.0. The summed E-state index contributed by atoms with van der Waals surface area (Å²) in [5.74, 6) is 3.20. The number of hydrogen-bond donors (Lipinski definition) is 0. The highest BCUT2D eigenvalue weighted by Gasteiger charge is 2.23. The number of benzene rings is 1. The lowest BCUT2D eigenvalue weighted by Crippen LogP contribution is -2.29. The number of halogens is 2. The van der Waals surface area contributed by atoms with Crippen LogP contribution in [0.15, 0.2) is 54.3 Å². The van der Waals surface area contributed by atoms with E-state index in [4.69, 9.17) is 11.2 Å². The first kappa shape index (κ1) is 15.8. The number of alkyl halides is 2. The highest BCUT2D eigenvalue weighted by Crippen LogP contribution is 2.31. The van der Waals surface area contributed by atoms with E-state index < -0.39 is 13.0 Å². The molecule has 0 unspecified atom stereocenters. The summed E-state index contributed by atoms with van der Waals surface area (Å²) in [6.07, 6.45) is 6.36. The van der Waals surface area contributed by atoms with E-state index in [1.807, 2.05) is 31.2 Å². The zero-order valence-electron chi connectivity index (χ0n) is 12.4. The van der Waals surface area contributed by atoms with Crippen LogP contribution in [0.3, 0.4) is 0 Å². The summed E-state index contributed by atoms with van der Waals surface area (Å²) < 4.78 is 31.1. The molecule has 0 fully saturated rings. The molecule has 1 aromatic rings. The fraction of sp³-hybridized carbons (Fsp3) is 0.222. The molecule has 0 atom stereocenters. The van der Waals surface area contributed by atoms with E-state index in [0.29, 0.717) is 23.6 Å². The average Bonchev–Trinajstić information content (AvgIpc) is 2.50. The van der Waals surface area contributed by atoms with Gasteiger partial charge in [-0.25, -0.2) is 8.78 Å². The first-order valence-electron chi connectivity index (χ1n) is 6.93. The molecule has 2 rings (SSSR count). The Labute approximate surface area is 129 Å². The standard InChI is InChI=1S/C18H17F2NO/c1-4-14-8-11-17(21(13(14)3)12-18(19)20)15-6-9-16(10-7-15)22-5-2/h1,6-11,18H,3,5,12H2,2H3. The number of rotatable bonds is 5. The Hall–Kier alpha value is -2.54. The van der Waals surface area contributed by atoms with Crippen LogP contribution in [0.25, 0.3) is 5.70 Å². The third-order valence-electron chi connectivity index (χ3n) is 3.27. The average molecular weight is 301 g/mol. The minimum atomic E-state index is -2.49. The quantitative estimate of drug-likeness (QED) is 0.760. The van der Waals surface area contributed by atoms with Crippen LogP contribution in [-0.2, 0) is 0 Å². The lowest BCUT2D eigenvalue weighted by Gasteiger charge is -2.31. The summed E-state index contributed by atoms with van der Waals surface area (Å²) in [4.78, 5) is 1.45. The Balaban J connectivity index is 2.36. The molecule has 0 saturated carbocycles. The maximum atomic E-state index is 12.9. The molecular weight excluding hydrogens is 284 g/mol. The molecule has 1 aliphatic rings. The minimum Gasteiger partial charge on any atom is -0.494 e. The summed E-state index contributed by atoms with van der Waals surface area (Å²) in [6, 6.07) is 7.28. The summed E-state index contributed by atoms with van der Waals surface area (Å²) >= 11 is 0. The lowest BCUT2D eigenvalue weighted by molar-refractivity contribution is 0.123. The molecule has 0 spiro atoms. The molecule has 0 aliphatic carbocycles. The van der Waals surface area contributed by atoms with Crippen molar-refractivity contribution in [2.24, 2.45) is 0 Å². The van der Waals surface area contributed by atoms with Gasteiger partial charge in [0.05, 0.1) is 13.2 Å². The number of hydrogen-bond acceptors (Lipinski definition) is 2. The molecule has 0 bridgehead atoms. The molecule has 0 saturated heterocycles. The molecule has 0 amide bonds. The molecule has 0 radical (unpaired) electrons. The van der Waals surface area contributed by atoms with Crippen molar-refractivity contribution >= 4 is 5.70 Å². The van der Waals surface area contributed by atoms with Crippen molar-refractivity contribution in [3.8, 4) is 18.1 Å². The molecule has 1 heterocycles. The van der Waals surface area contributed by atoms with Crippen LogP contribution in [0.4, 0.5) is 8.78 Å². The number of ether oxygens (including phenoxy) is 1. The van der Waals surface area contributed by atoms with Crippen LogP contribution in [0.2, 0.25) is 0 Å². The van der Waals surface area contributed by atoms with Crippen LogP contribution < -0.4 is 4.74 Å². The number of allylic oxidation sites excluding steroid dienone is 3. The molecule has 0 N–H and O–H groups in total. The zero-order chi connectivity index (χ0) is 16.1. The van der Waals surface area contributed by atoms with Crippen molar-refractivity contribution in [3.63, 3.8) is 0 Å². The van der Waals surface area contributed by atoms with Gasteiger partial charge >= 0.3 is 0 Å². The van der Waals surface area contributed by atoms with Crippen molar-refractivity contribution in [2.45, 2.75) is 13.3 Å². The van der Waals surface area contributed by atoms with Gasteiger partial charge in [0.1, 0.15) is 5.75 Å². The van der Waals surface area contributed by atoms with Gasteiger partial charge < -0.3 is 9.64 Å². The monoisotopic (exact) mass is 301 g/mol. The van der Waals surface area contributed by atoms with Crippen molar-refractivity contribution < 1.29 is 13.5 Å². The van der Waals surface area contributed by atoms with E-state index in [-0.39, 0.29) is 0 Å². The summed E-state index contributed by atoms with van der Waals surface area (Å²) in [5, 5.41) is 0. The maximum absolute atomic E-state index is 12.9. The van der Waals surface area contributed by atoms with Gasteiger partial charge in [-0.1, -0.05) is 12.5 Å². The molecule has 4 heteroatoms. The fourth-order valence-electron chi connectivity index (χ4n) is 2.26. The van der Waals surface area contributed by atoms with E-state index >= 15 is 0 Å². The van der Waals surface area contributed by atoms with Crippen molar-refractivity contribution in [2.75, 3.05) is 13.2 Å². The number of terminal acetylenes is 1. The minimum absolute atomic E-state index is 0.411.